The standard InChI is InChI=1S/C5H4N4O3S2/c10-14(11,12)13-5-3-4(7-1-6-3)8-2-9-5/h1-2H,(H,10,11,12)(H,6,7,8,9). The summed E-state index contributed by atoms with van der Waals surface area (Å²) in [6.45, 7) is 0. The van der Waals surface area contributed by atoms with E-state index in [1.807, 2.05) is 0 Å². The van der Waals surface area contributed by atoms with Crippen molar-refractivity contribution in [1.29, 1.82) is 0 Å². The van der Waals surface area contributed by atoms with Crippen LogP contribution >= 0.6 is 10.8 Å². The van der Waals surface area contributed by atoms with Gasteiger partial charge in [-0.1, -0.05) is 0 Å². The van der Waals surface area contributed by atoms with Crippen molar-refractivity contribution in [2.45, 2.75) is 5.03 Å². The lowest BCUT2D eigenvalue weighted by atomic mass is 10.6. The van der Waals surface area contributed by atoms with Crippen LogP contribution in [0.2, 0.25) is 0 Å². The van der Waals surface area contributed by atoms with Gasteiger partial charge >= 0.3 is 9.15 Å². The lowest BCUT2D eigenvalue weighted by Crippen LogP contribution is -1.92. The summed E-state index contributed by atoms with van der Waals surface area (Å²) < 4.78 is 29.8. The van der Waals surface area contributed by atoms with Crippen LogP contribution in [0.4, 0.5) is 0 Å². The third-order valence-corrected chi connectivity index (χ3v) is 3.16. The van der Waals surface area contributed by atoms with E-state index in [2.05, 4.69) is 19.9 Å². The highest BCUT2D eigenvalue weighted by atomic mass is 33.1. The molecule has 0 aliphatic rings. The molecule has 0 bridgehead atoms. The number of fused-ring (bicyclic) bond motifs is 1. The van der Waals surface area contributed by atoms with E-state index < -0.39 is 9.15 Å². The van der Waals surface area contributed by atoms with E-state index in [-0.39, 0.29) is 15.8 Å². The minimum Gasteiger partial charge on any atom is -0.341 e. The third kappa shape index (κ3) is 1.84. The molecule has 9 heteroatoms. The Hall–Kier alpha value is -1.19. The van der Waals surface area contributed by atoms with E-state index >= 15 is 0 Å². The number of hydrogen-bond acceptors (Lipinski definition) is 6. The van der Waals surface area contributed by atoms with Gasteiger partial charge in [-0.15, -0.1) is 0 Å². The molecule has 0 aliphatic carbocycles. The second-order valence-corrected chi connectivity index (χ2v) is 5.46. The van der Waals surface area contributed by atoms with Crippen molar-refractivity contribution in [1.82, 2.24) is 19.9 Å². The fraction of sp³-hybridized carbons (Fsp3) is 0. The summed E-state index contributed by atoms with van der Waals surface area (Å²) in [5, 5.41) is 0.120. The van der Waals surface area contributed by atoms with Crippen LogP contribution in [-0.4, -0.2) is 32.9 Å². The van der Waals surface area contributed by atoms with Crippen LogP contribution in [-0.2, 0) is 9.15 Å². The predicted octanol–water partition coefficient (Wildman–Crippen LogP) is 0.248. The van der Waals surface area contributed by atoms with Gasteiger partial charge in [0.1, 0.15) is 16.9 Å². The number of hydrogen-bond donors (Lipinski definition) is 2. The smallest absolute Gasteiger partial charge is 0.325 e. The molecule has 0 unspecified atom stereocenters. The van der Waals surface area contributed by atoms with Crippen molar-refractivity contribution in [2.24, 2.45) is 0 Å². The average Bonchev–Trinajstić information content (AvgIpc) is 2.49. The van der Waals surface area contributed by atoms with Gasteiger partial charge in [0.15, 0.2) is 5.65 Å². The van der Waals surface area contributed by atoms with Gasteiger partial charge in [-0.3, -0.25) is 4.55 Å². The van der Waals surface area contributed by atoms with Crippen molar-refractivity contribution in [3.8, 4) is 0 Å². The summed E-state index contributed by atoms with van der Waals surface area (Å²) in [5.74, 6) is 0. The van der Waals surface area contributed by atoms with Crippen LogP contribution in [0.1, 0.15) is 0 Å². The number of H-pyrrole nitrogens is 1. The first-order valence-electron chi connectivity index (χ1n) is 3.37. The first kappa shape index (κ1) is 9.37. The van der Waals surface area contributed by atoms with Crippen LogP contribution in [0, 0.1) is 0 Å². The number of rotatable bonds is 2. The quantitative estimate of drug-likeness (QED) is 0.434. The van der Waals surface area contributed by atoms with Gasteiger partial charge in [0.25, 0.3) is 0 Å². The Morgan fingerprint density at radius 1 is 1.36 bits per heavy atom. The summed E-state index contributed by atoms with van der Waals surface area (Å²) in [5.41, 5.74) is 0.737. The van der Waals surface area contributed by atoms with Gasteiger partial charge in [-0.05, 0) is 0 Å². The summed E-state index contributed by atoms with van der Waals surface area (Å²) in [6, 6.07) is 0. The lowest BCUT2D eigenvalue weighted by Gasteiger charge is -1.96. The molecule has 2 aromatic rings. The minimum atomic E-state index is -4.17. The molecule has 0 amide bonds. The minimum absolute atomic E-state index is 0.120. The zero-order chi connectivity index (χ0) is 10.2. The molecule has 2 N–H and O–H groups in total. The van der Waals surface area contributed by atoms with Crippen molar-refractivity contribution < 1.29 is 13.0 Å². The first-order valence-corrected chi connectivity index (χ1v) is 6.14. The maximum Gasteiger partial charge on any atom is 0.325 e. The fourth-order valence-electron chi connectivity index (χ4n) is 0.906. The Balaban J connectivity index is 2.57. The zero-order valence-corrected chi connectivity index (χ0v) is 8.21. The molecule has 0 aromatic carbocycles. The van der Waals surface area contributed by atoms with Gasteiger partial charge in [0.2, 0.25) is 0 Å². The Kier molecular flexibility index (Phi) is 2.13. The molecule has 2 rings (SSSR count). The second kappa shape index (κ2) is 3.19. The molecule has 7 nitrogen and oxygen atoms in total. The number of nitrogens with one attached hydrogen (secondary N) is 1. The fourth-order valence-corrected chi connectivity index (χ4v) is 2.41. The summed E-state index contributed by atoms with van der Waals surface area (Å²) in [6.07, 6.45) is 2.55. The van der Waals surface area contributed by atoms with E-state index in [9.17, 15) is 8.42 Å². The molecule has 0 fully saturated rings. The summed E-state index contributed by atoms with van der Waals surface area (Å²) in [7, 11) is -3.93. The number of aromatic amines is 1. The van der Waals surface area contributed by atoms with Gasteiger partial charge in [-0.25, -0.2) is 15.0 Å². The van der Waals surface area contributed by atoms with Gasteiger partial charge < -0.3 is 4.98 Å². The van der Waals surface area contributed by atoms with Crippen molar-refractivity contribution in [3.63, 3.8) is 0 Å². The largest absolute Gasteiger partial charge is 0.341 e. The summed E-state index contributed by atoms with van der Waals surface area (Å²) in [4.78, 5) is 14.0. The summed E-state index contributed by atoms with van der Waals surface area (Å²) >= 11 is 0. The Labute approximate surface area is 82.1 Å². The topological polar surface area (TPSA) is 109 Å². The molecule has 2 heterocycles. The predicted molar refractivity (Wildman–Crippen MR) is 49.1 cm³/mol. The SMILES string of the molecule is O=S(=O)(O)Sc1ncnc2nc[nH]c12. The monoisotopic (exact) mass is 232 g/mol. The van der Waals surface area contributed by atoms with Crippen molar-refractivity contribution in [2.75, 3.05) is 0 Å². The highest BCUT2D eigenvalue weighted by Crippen LogP contribution is 2.25. The van der Waals surface area contributed by atoms with Crippen LogP contribution in [0.15, 0.2) is 17.7 Å². The maximum absolute atomic E-state index is 10.6. The molecule has 0 atom stereocenters. The van der Waals surface area contributed by atoms with Gasteiger partial charge in [0.05, 0.1) is 17.1 Å². The van der Waals surface area contributed by atoms with Crippen LogP contribution in [0.25, 0.3) is 11.2 Å². The van der Waals surface area contributed by atoms with Gasteiger partial charge in [0, 0.05) is 0 Å². The first-order chi connectivity index (χ1) is 6.56. The highest BCUT2D eigenvalue weighted by molar-refractivity contribution is 8.70. The number of aromatic nitrogens is 4. The zero-order valence-electron chi connectivity index (χ0n) is 6.58. The van der Waals surface area contributed by atoms with E-state index in [4.69, 9.17) is 4.55 Å². The Morgan fingerprint density at radius 3 is 2.86 bits per heavy atom. The molecule has 0 spiro atoms. The molecular formula is C5H4N4O3S2. The average molecular weight is 232 g/mol. The molecule has 0 saturated heterocycles. The molecule has 2 aromatic heterocycles. The molecule has 0 saturated carbocycles. The normalized spacial score (nSPS) is 12.1. The van der Waals surface area contributed by atoms with E-state index in [1.54, 1.807) is 0 Å². The molecule has 0 aliphatic heterocycles. The molecule has 0 radical (unpaired) electrons. The number of imidazole rings is 1. The van der Waals surface area contributed by atoms with Crippen molar-refractivity contribution in [3.05, 3.63) is 12.7 Å². The van der Waals surface area contributed by atoms with Gasteiger partial charge in [-0.2, -0.15) is 8.42 Å². The maximum atomic E-state index is 10.6. The second-order valence-electron chi connectivity index (χ2n) is 2.29. The lowest BCUT2D eigenvalue weighted by molar-refractivity contribution is 0.503. The number of nitrogens with zero attached hydrogens (tertiary/aromatic N) is 3. The van der Waals surface area contributed by atoms with Crippen LogP contribution in [0.3, 0.4) is 0 Å². The van der Waals surface area contributed by atoms with E-state index in [0.717, 1.165) is 0 Å². The highest BCUT2D eigenvalue weighted by Gasteiger charge is 2.14. The molecule has 74 valence electrons. The molecule has 14 heavy (non-hydrogen) atoms. The molecular weight excluding hydrogens is 228 g/mol. The van der Waals surface area contributed by atoms with E-state index in [0.29, 0.717) is 11.2 Å². The Bertz CT molecular complexity index is 563. The van der Waals surface area contributed by atoms with E-state index in [1.165, 1.54) is 12.7 Å². The third-order valence-electron chi connectivity index (χ3n) is 1.37. The van der Waals surface area contributed by atoms with Crippen LogP contribution < -0.4 is 0 Å². The van der Waals surface area contributed by atoms with Crippen LogP contribution in [0.5, 0.6) is 0 Å². The Morgan fingerprint density at radius 2 is 2.14 bits per heavy atom. The van der Waals surface area contributed by atoms with Crippen molar-refractivity contribution >= 4 is 31.1 Å².